The lowest BCUT2D eigenvalue weighted by Crippen LogP contribution is -2.17. The maximum Gasteiger partial charge on any atom is 0.341 e. The van der Waals surface area contributed by atoms with Crippen molar-refractivity contribution >= 4 is 28.2 Å². The molecule has 126 valence electrons. The maximum absolute atomic E-state index is 12.4. The maximum atomic E-state index is 12.4. The Labute approximate surface area is 145 Å². The monoisotopic (exact) mass is 343 g/mol. The van der Waals surface area contributed by atoms with E-state index >= 15 is 0 Å². The third-order valence-corrected chi connectivity index (χ3v) is 5.53. The van der Waals surface area contributed by atoms with E-state index in [2.05, 4.69) is 12.2 Å². The first-order valence-corrected chi connectivity index (χ1v) is 8.96. The molecule has 1 amide bonds. The quantitative estimate of drug-likeness (QED) is 0.858. The van der Waals surface area contributed by atoms with Crippen molar-refractivity contribution in [1.29, 1.82) is 0 Å². The van der Waals surface area contributed by atoms with Crippen LogP contribution in [-0.2, 0) is 28.8 Å². The Morgan fingerprint density at radius 2 is 2.04 bits per heavy atom. The summed E-state index contributed by atoms with van der Waals surface area (Å²) < 4.78 is 4.94. The second-order valence-corrected chi connectivity index (χ2v) is 7.36. The van der Waals surface area contributed by atoms with Crippen molar-refractivity contribution in [2.75, 3.05) is 12.4 Å². The third-order valence-electron chi connectivity index (χ3n) is 4.36. The number of benzene rings is 1. The molecule has 1 N–H and O–H groups in total. The standard InChI is InChI=1S/C19H21NO3S/c1-12-8-9-14-15(10-12)24-18(17(14)19(22)23-2)20-16(21)11-13-6-4-3-5-7-13/h3-7,12H,8-11H2,1-2H3,(H,20,21). The molecule has 1 aromatic carbocycles. The zero-order valence-corrected chi connectivity index (χ0v) is 14.7. The molecule has 0 spiro atoms. The summed E-state index contributed by atoms with van der Waals surface area (Å²) in [7, 11) is 1.38. The molecular weight excluding hydrogens is 322 g/mol. The molecule has 0 aliphatic heterocycles. The molecule has 24 heavy (non-hydrogen) atoms. The number of carbonyl (C=O) groups excluding carboxylic acids is 2. The topological polar surface area (TPSA) is 55.4 Å². The zero-order chi connectivity index (χ0) is 17.1. The van der Waals surface area contributed by atoms with Gasteiger partial charge in [0.25, 0.3) is 0 Å². The first kappa shape index (κ1) is 16.7. The van der Waals surface area contributed by atoms with Gasteiger partial charge in [-0.1, -0.05) is 37.3 Å². The van der Waals surface area contributed by atoms with Crippen molar-refractivity contribution in [1.82, 2.24) is 0 Å². The molecule has 0 bridgehead atoms. The Morgan fingerprint density at radius 3 is 2.75 bits per heavy atom. The lowest BCUT2D eigenvalue weighted by Gasteiger charge is -2.18. The van der Waals surface area contributed by atoms with Gasteiger partial charge in [0, 0.05) is 4.88 Å². The summed E-state index contributed by atoms with van der Waals surface area (Å²) in [5.41, 5.74) is 2.55. The smallest absolute Gasteiger partial charge is 0.341 e. The van der Waals surface area contributed by atoms with Gasteiger partial charge in [-0.25, -0.2) is 4.79 Å². The van der Waals surface area contributed by atoms with Gasteiger partial charge < -0.3 is 10.1 Å². The number of fused-ring (bicyclic) bond motifs is 1. The Hall–Kier alpha value is -2.14. The largest absolute Gasteiger partial charge is 0.465 e. The van der Waals surface area contributed by atoms with Gasteiger partial charge in [0.1, 0.15) is 5.00 Å². The molecule has 5 heteroatoms. The number of rotatable bonds is 4. The van der Waals surface area contributed by atoms with E-state index in [1.165, 1.54) is 23.3 Å². The van der Waals surface area contributed by atoms with Crippen LogP contribution in [0.15, 0.2) is 30.3 Å². The van der Waals surface area contributed by atoms with E-state index in [1.807, 2.05) is 30.3 Å². The number of nitrogens with one attached hydrogen (secondary N) is 1. The van der Waals surface area contributed by atoms with Crippen LogP contribution >= 0.6 is 11.3 Å². The SMILES string of the molecule is COC(=O)c1c(NC(=O)Cc2ccccc2)sc2c1CCC(C)C2. The molecule has 1 atom stereocenters. The molecule has 0 radical (unpaired) electrons. The fourth-order valence-corrected chi connectivity index (χ4v) is 4.52. The molecule has 0 saturated heterocycles. The van der Waals surface area contributed by atoms with Crippen LogP contribution in [0.4, 0.5) is 5.00 Å². The molecule has 2 aromatic rings. The van der Waals surface area contributed by atoms with E-state index in [-0.39, 0.29) is 11.9 Å². The van der Waals surface area contributed by atoms with E-state index in [0.29, 0.717) is 22.9 Å². The van der Waals surface area contributed by atoms with Crippen molar-refractivity contribution < 1.29 is 14.3 Å². The minimum absolute atomic E-state index is 0.113. The van der Waals surface area contributed by atoms with Crippen molar-refractivity contribution in [2.24, 2.45) is 5.92 Å². The van der Waals surface area contributed by atoms with E-state index in [1.54, 1.807) is 0 Å². The van der Waals surface area contributed by atoms with Crippen LogP contribution < -0.4 is 5.32 Å². The molecule has 1 heterocycles. The highest BCUT2D eigenvalue weighted by Crippen LogP contribution is 2.40. The van der Waals surface area contributed by atoms with Gasteiger partial charge in [-0.15, -0.1) is 11.3 Å². The number of esters is 1. The summed E-state index contributed by atoms with van der Waals surface area (Å²) in [6.07, 6.45) is 3.18. The van der Waals surface area contributed by atoms with Gasteiger partial charge in [0.15, 0.2) is 0 Å². The summed E-state index contributed by atoms with van der Waals surface area (Å²) in [6.45, 7) is 2.22. The van der Waals surface area contributed by atoms with E-state index in [0.717, 1.165) is 30.4 Å². The average molecular weight is 343 g/mol. The molecule has 1 aliphatic carbocycles. The highest BCUT2D eigenvalue weighted by molar-refractivity contribution is 7.17. The molecule has 1 unspecified atom stereocenters. The molecule has 0 saturated carbocycles. The number of carbonyl (C=O) groups is 2. The van der Waals surface area contributed by atoms with Gasteiger partial charge in [0.2, 0.25) is 5.91 Å². The zero-order valence-electron chi connectivity index (χ0n) is 13.9. The van der Waals surface area contributed by atoms with Crippen LogP contribution in [-0.4, -0.2) is 19.0 Å². The summed E-state index contributed by atoms with van der Waals surface area (Å²) in [5.74, 6) is 0.129. The number of methoxy groups -OCH3 is 1. The van der Waals surface area contributed by atoms with Crippen molar-refractivity contribution in [3.63, 3.8) is 0 Å². The van der Waals surface area contributed by atoms with Gasteiger partial charge in [-0.2, -0.15) is 0 Å². The van der Waals surface area contributed by atoms with Gasteiger partial charge in [-0.05, 0) is 36.3 Å². The minimum atomic E-state index is -0.364. The number of hydrogen-bond acceptors (Lipinski definition) is 4. The third kappa shape index (κ3) is 3.51. The molecule has 4 nitrogen and oxygen atoms in total. The normalized spacial score (nSPS) is 16.3. The van der Waals surface area contributed by atoms with Crippen LogP contribution in [0.5, 0.6) is 0 Å². The molecule has 1 aliphatic rings. The summed E-state index contributed by atoms with van der Waals surface area (Å²) >= 11 is 1.52. The van der Waals surface area contributed by atoms with Crippen LogP contribution in [0.25, 0.3) is 0 Å². The predicted octanol–water partition coefficient (Wildman–Crippen LogP) is 3.84. The van der Waals surface area contributed by atoms with E-state index < -0.39 is 0 Å². The molecule has 3 rings (SSSR count). The summed E-state index contributed by atoms with van der Waals surface area (Å²) in [4.78, 5) is 25.8. The lowest BCUT2D eigenvalue weighted by atomic mass is 9.88. The average Bonchev–Trinajstić information content (AvgIpc) is 2.91. The Balaban J connectivity index is 1.84. The van der Waals surface area contributed by atoms with Gasteiger partial charge in [-0.3, -0.25) is 4.79 Å². The van der Waals surface area contributed by atoms with E-state index in [9.17, 15) is 9.59 Å². The molecule has 1 aromatic heterocycles. The van der Waals surface area contributed by atoms with Crippen LogP contribution in [0.3, 0.4) is 0 Å². The first-order chi connectivity index (χ1) is 11.6. The van der Waals surface area contributed by atoms with Crippen molar-refractivity contribution in [3.05, 3.63) is 51.9 Å². The second kappa shape index (κ2) is 7.18. The second-order valence-electron chi connectivity index (χ2n) is 6.26. The van der Waals surface area contributed by atoms with Gasteiger partial charge in [0.05, 0.1) is 19.1 Å². The Kier molecular flexibility index (Phi) is 5.00. The van der Waals surface area contributed by atoms with Crippen molar-refractivity contribution in [3.8, 4) is 0 Å². The summed E-state index contributed by atoms with van der Waals surface area (Å²) in [5, 5.41) is 3.55. The van der Waals surface area contributed by atoms with Gasteiger partial charge >= 0.3 is 5.97 Å². The van der Waals surface area contributed by atoms with E-state index in [4.69, 9.17) is 4.74 Å². The number of thiophene rings is 1. The predicted molar refractivity (Wildman–Crippen MR) is 95.6 cm³/mol. The minimum Gasteiger partial charge on any atom is -0.465 e. The first-order valence-electron chi connectivity index (χ1n) is 8.15. The Bertz CT molecular complexity index is 751. The molecule has 0 fully saturated rings. The summed E-state index contributed by atoms with van der Waals surface area (Å²) in [6, 6.07) is 9.58. The highest BCUT2D eigenvalue weighted by Gasteiger charge is 2.28. The fraction of sp³-hybridized carbons (Fsp3) is 0.368. The van der Waals surface area contributed by atoms with Crippen molar-refractivity contribution in [2.45, 2.75) is 32.6 Å². The number of amides is 1. The number of hydrogen-bond donors (Lipinski definition) is 1. The molecular formula is C19H21NO3S. The fourth-order valence-electron chi connectivity index (χ4n) is 3.11. The highest BCUT2D eigenvalue weighted by atomic mass is 32.1. The lowest BCUT2D eigenvalue weighted by molar-refractivity contribution is -0.115. The number of anilines is 1. The Morgan fingerprint density at radius 1 is 1.29 bits per heavy atom. The number of ether oxygens (including phenoxy) is 1. The van der Waals surface area contributed by atoms with Crippen LogP contribution in [0.2, 0.25) is 0 Å². The van der Waals surface area contributed by atoms with Crippen LogP contribution in [0, 0.1) is 5.92 Å². The van der Waals surface area contributed by atoms with Crippen LogP contribution in [0.1, 0.15) is 39.7 Å².